The number of ether oxygens (including phenoxy) is 1. The topological polar surface area (TPSA) is 62.1 Å². The van der Waals surface area contributed by atoms with Gasteiger partial charge in [0.05, 0.1) is 11.6 Å². The Bertz CT molecular complexity index is 721. The number of amides is 1. The van der Waals surface area contributed by atoms with Crippen molar-refractivity contribution in [1.29, 1.82) is 5.26 Å². The molecule has 0 aromatic heterocycles. The number of hydrogen-bond acceptors (Lipinski definition) is 3. The molecule has 0 fully saturated rings. The zero-order valence-electron chi connectivity index (χ0n) is 14.7. The minimum atomic E-state index is -2.80. The van der Waals surface area contributed by atoms with Crippen LogP contribution in [0.15, 0.2) is 55.2 Å². The summed E-state index contributed by atoms with van der Waals surface area (Å²) >= 11 is 0. The number of benzene rings is 1. The minimum Gasteiger partial charge on any atom is -0.481 e. The second-order valence-corrected chi connectivity index (χ2v) is 5.46. The molecule has 138 valence electrons. The van der Waals surface area contributed by atoms with Crippen LogP contribution in [0.5, 0.6) is 5.75 Å². The van der Waals surface area contributed by atoms with Crippen molar-refractivity contribution < 1.29 is 18.3 Å². The molecule has 1 rings (SSSR count). The lowest BCUT2D eigenvalue weighted by Crippen LogP contribution is -2.39. The van der Waals surface area contributed by atoms with Gasteiger partial charge in [-0.1, -0.05) is 44.7 Å². The first-order chi connectivity index (χ1) is 12.5. The summed E-state index contributed by atoms with van der Waals surface area (Å²) in [6.07, 6.45) is 2.38. The number of hydrogen-bond donors (Lipinski definition) is 1. The molecule has 0 aliphatic carbocycles. The van der Waals surface area contributed by atoms with Crippen molar-refractivity contribution in [2.24, 2.45) is 0 Å². The molecule has 6 heteroatoms. The highest BCUT2D eigenvalue weighted by Crippen LogP contribution is 2.27. The second kappa shape index (κ2) is 10.8. The van der Waals surface area contributed by atoms with E-state index >= 15 is 0 Å². The SMILES string of the molecule is C=C/C=C(\C=C)CNC(=O)C(CCC)Oc1ccc(C#N)c(C(F)F)c1. The summed E-state index contributed by atoms with van der Waals surface area (Å²) in [7, 11) is 0. The van der Waals surface area contributed by atoms with E-state index in [0.717, 1.165) is 11.6 Å². The van der Waals surface area contributed by atoms with Crippen molar-refractivity contribution in [2.45, 2.75) is 32.3 Å². The van der Waals surface area contributed by atoms with E-state index in [1.54, 1.807) is 24.3 Å². The van der Waals surface area contributed by atoms with Crippen LogP contribution in [0, 0.1) is 11.3 Å². The molecule has 1 unspecified atom stereocenters. The highest BCUT2D eigenvalue weighted by molar-refractivity contribution is 5.81. The van der Waals surface area contributed by atoms with Gasteiger partial charge in [0.15, 0.2) is 6.10 Å². The van der Waals surface area contributed by atoms with E-state index in [0.29, 0.717) is 12.8 Å². The second-order valence-electron chi connectivity index (χ2n) is 5.46. The van der Waals surface area contributed by atoms with E-state index in [4.69, 9.17) is 10.00 Å². The fraction of sp³-hybridized carbons (Fsp3) is 0.300. The predicted molar refractivity (Wildman–Crippen MR) is 96.9 cm³/mol. The Morgan fingerprint density at radius 2 is 2.15 bits per heavy atom. The van der Waals surface area contributed by atoms with Gasteiger partial charge in [0.25, 0.3) is 12.3 Å². The lowest BCUT2D eigenvalue weighted by molar-refractivity contribution is -0.128. The number of allylic oxidation sites excluding steroid dienone is 2. The van der Waals surface area contributed by atoms with Gasteiger partial charge < -0.3 is 10.1 Å². The summed E-state index contributed by atoms with van der Waals surface area (Å²) in [5, 5.41) is 11.6. The predicted octanol–water partition coefficient (Wildman–Crippen LogP) is 4.46. The van der Waals surface area contributed by atoms with Crippen LogP contribution in [0.1, 0.15) is 37.3 Å². The molecule has 1 N–H and O–H groups in total. The Morgan fingerprint density at radius 1 is 1.42 bits per heavy atom. The van der Waals surface area contributed by atoms with Crippen LogP contribution in [0.4, 0.5) is 8.78 Å². The smallest absolute Gasteiger partial charge is 0.265 e. The van der Waals surface area contributed by atoms with Crippen molar-refractivity contribution in [3.05, 3.63) is 66.3 Å². The van der Waals surface area contributed by atoms with Gasteiger partial charge in [-0.3, -0.25) is 4.79 Å². The van der Waals surface area contributed by atoms with Crippen LogP contribution in [0.2, 0.25) is 0 Å². The summed E-state index contributed by atoms with van der Waals surface area (Å²) in [5.41, 5.74) is 0.250. The molecule has 0 saturated heterocycles. The van der Waals surface area contributed by atoms with E-state index < -0.39 is 18.1 Å². The van der Waals surface area contributed by atoms with Crippen LogP contribution < -0.4 is 10.1 Å². The Morgan fingerprint density at radius 3 is 2.69 bits per heavy atom. The highest BCUT2D eigenvalue weighted by Gasteiger charge is 2.21. The maximum absolute atomic E-state index is 13.1. The molecule has 0 aliphatic heterocycles. The Hall–Kier alpha value is -2.94. The number of nitrogens with zero attached hydrogens (tertiary/aromatic N) is 1. The summed E-state index contributed by atoms with van der Waals surface area (Å²) in [6.45, 7) is 9.39. The number of rotatable bonds is 10. The Labute approximate surface area is 152 Å². The van der Waals surface area contributed by atoms with E-state index in [1.807, 2.05) is 6.92 Å². The fourth-order valence-electron chi connectivity index (χ4n) is 2.22. The molecule has 0 bridgehead atoms. The van der Waals surface area contributed by atoms with Crippen LogP contribution in [0.25, 0.3) is 0 Å². The van der Waals surface area contributed by atoms with Crippen LogP contribution in [0.3, 0.4) is 0 Å². The van der Waals surface area contributed by atoms with Gasteiger partial charge in [0.1, 0.15) is 5.75 Å². The van der Waals surface area contributed by atoms with Gasteiger partial charge in [-0.15, -0.1) is 0 Å². The molecule has 0 aliphatic rings. The third kappa shape index (κ3) is 6.17. The lowest BCUT2D eigenvalue weighted by atomic mass is 10.1. The zero-order valence-corrected chi connectivity index (χ0v) is 14.7. The third-order valence-corrected chi connectivity index (χ3v) is 3.56. The van der Waals surface area contributed by atoms with Crippen molar-refractivity contribution in [3.63, 3.8) is 0 Å². The van der Waals surface area contributed by atoms with E-state index in [1.165, 1.54) is 12.1 Å². The monoisotopic (exact) mass is 360 g/mol. The summed E-state index contributed by atoms with van der Waals surface area (Å²) < 4.78 is 31.7. The number of carbonyl (C=O) groups excluding carboxylic acids is 1. The minimum absolute atomic E-state index is 0.117. The number of halogens is 2. The zero-order chi connectivity index (χ0) is 19.5. The first kappa shape index (κ1) is 21.1. The average molecular weight is 360 g/mol. The van der Waals surface area contributed by atoms with Crippen molar-refractivity contribution >= 4 is 5.91 Å². The largest absolute Gasteiger partial charge is 0.481 e. The lowest BCUT2D eigenvalue weighted by Gasteiger charge is -2.19. The summed E-state index contributed by atoms with van der Waals surface area (Å²) in [5.74, 6) is -0.231. The molecule has 1 amide bonds. The molecule has 1 atom stereocenters. The molecule has 4 nitrogen and oxygen atoms in total. The van der Waals surface area contributed by atoms with Gasteiger partial charge in [-0.2, -0.15) is 5.26 Å². The van der Waals surface area contributed by atoms with Gasteiger partial charge in [-0.25, -0.2) is 8.78 Å². The summed E-state index contributed by atoms with van der Waals surface area (Å²) in [6, 6.07) is 5.50. The first-order valence-electron chi connectivity index (χ1n) is 8.17. The van der Waals surface area contributed by atoms with Gasteiger partial charge in [-0.05, 0) is 30.2 Å². The molecule has 26 heavy (non-hydrogen) atoms. The molecule has 1 aromatic rings. The average Bonchev–Trinajstić information content (AvgIpc) is 2.64. The van der Waals surface area contributed by atoms with Gasteiger partial charge >= 0.3 is 0 Å². The molecular weight excluding hydrogens is 338 g/mol. The Balaban J connectivity index is 2.91. The maximum atomic E-state index is 13.1. The molecule has 1 aromatic carbocycles. The molecule has 0 spiro atoms. The van der Waals surface area contributed by atoms with Gasteiger partial charge in [0, 0.05) is 12.1 Å². The maximum Gasteiger partial charge on any atom is 0.265 e. The van der Waals surface area contributed by atoms with Crippen LogP contribution in [-0.4, -0.2) is 18.6 Å². The van der Waals surface area contributed by atoms with E-state index in [9.17, 15) is 13.6 Å². The first-order valence-corrected chi connectivity index (χ1v) is 8.17. The Kier molecular flexibility index (Phi) is 8.79. The quantitative estimate of drug-likeness (QED) is 0.627. The van der Waals surface area contributed by atoms with Gasteiger partial charge in [0.2, 0.25) is 0 Å². The van der Waals surface area contributed by atoms with Crippen molar-refractivity contribution in [2.75, 3.05) is 6.54 Å². The number of nitrogens with one attached hydrogen (secondary N) is 1. The van der Waals surface area contributed by atoms with Crippen molar-refractivity contribution in [1.82, 2.24) is 5.32 Å². The van der Waals surface area contributed by atoms with Crippen LogP contribution in [-0.2, 0) is 4.79 Å². The molecular formula is C20H22F2N2O2. The summed E-state index contributed by atoms with van der Waals surface area (Å²) in [4.78, 5) is 12.4. The van der Waals surface area contributed by atoms with E-state index in [-0.39, 0.29) is 23.8 Å². The van der Waals surface area contributed by atoms with Crippen molar-refractivity contribution in [3.8, 4) is 11.8 Å². The van der Waals surface area contributed by atoms with E-state index in [2.05, 4.69) is 18.5 Å². The molecule has 0 saturated carbocycles. The molecule has 0 heterocycles. The fourth-order valence-corrected chi connectivity index (χ4v) is 2.22. The highest BCUT2D eigenvalue weighted by atomic mass is 19.3. The normalized spacial score (nSPS) is 12.2. The van der Waals surface area contributed by atoms with Crippen LogP contribution >= 0.6 is 0 Å². The number of carbonyl (C=O) groups is 1. The third-order valence-electron chi connectivity index (χ3n) is 3.56. The standard InChI is InChI=1S/C20H22F2N2O2/c1-4-7-14(6-3)13-24-20(25)18(8-5-2)26-16-10-9-15(12-23)17(11-16)19(21)22/h4,6-7,9-11,18-19H,1,3,5,8,13H2,2H3,(H,24,25)/b14-7+. The molecule has 0 radical (unpaired) electrons. The number of nitriles is 1. The number of alkyl halides is 2.